The fraction of sp³-hybridized carbons (Fsp3) is 0.667. The van der Waals surface area contributed by atoms with E-state index in [-0.39, 0.29) is 18.4 Å². The summed E-state index contributed by atoms with van der Waals surface area (Å²) in [5.74, 6) is -0.991. The van der Waals surface area contributed by atoms with Gasteiger partial charge in [0.25, 0.3) is 0 Å². The van der Waals surface area contributed by atoms with Crippen molar-refractivity contribution < 1.29 is 9.59 Å². The Labute approximate surface area is 82.9 Å². The van der Waals surface area contributed by atoms with Gasteiger partial charge in [-0.2, -0.15) is 5.26 Å². The third-order valence-corrected chi connectivity index (χ3v) is 2.33. The van der Waals surface area contributed by atoms with E-state index >= 15 is 0 Å². The van der Waals surface area contributed by atoms with E-state index in [2.05, 4.69) is 0 Å². The Morgan fingerprint density at radius 3 is 2.71 bits per heavy atom. The van der Waals surface area contributed by atoms with Gasteiger partial charge >= 0.3 is 0 Å². The molecule has 14 heavy (non-hydrogen) atoms. The van der Waals surface area contributed by atoms with Gasteiger partial charge in [0, 0.05) is 20.1 Å². The van der Waals surface area contributed by atoms with Crippen molar-refractivity contribution in [3.8, 4) is 6.07 Å². The fourth-order valence-electron chi connectivity index (χ4n) is 1.28. The Balaban J connectivity index is 2.60. The van der Waals surface area contributed by atoms with Gasteiger partial charge in [-0.25, -0.2) is 0 Å². The minimum Gasteiger partial charge on any atom is -0.342 e. The van der Waals surface area contributed by atoms with Crippen LogP contribution in [0.15, 0.2) is 0 Å². The third-order valence-electron chi connectivity index (χ3n) is 2.33. The molecule has 0 aliphatic carbocycles. The van der Waals surface area contributed by atoms with Crippen LogP contribution in [-0.4, -0.2) is 48.3 Å². The van der Waals surface area contributed by atoms with E-state index in [0.717, 1.165) is 0 Å². The highest BCUT2D eigenvalue weighted by atomic mass is 16.2. The highest BCUT2D eigenvalue weighted by molar-refractivity contribution is 5.87. The van der Waals surface area contributed by atoms with E-state index < -0.39 is 5.92 Å². The Hall–Kier alpha value is -1.57. The fourth-order valence-corrected chi connectivity index (χ4v) is 1.28. The summed E-state index contributed by atoms with van der Waals surface area (Å²) in [6.07, 6.45) is 0. The molecular weight excluding hydrogens is 182 g/mol. The number of likely N-dealkylation sites (N-methyl/N-ethyl adjacent to an activating group) is 1. The van der Waals surface area contributed by atoms with Crippen LogP contribution >= 0.6 is 0 Å². The molecule has 0 radical (unpaired) electrons. The van der Waals surface area contributed by atoms with Crippen LogP contribution in [-0.2, 0) is 9.59 Å². The van der Waals surface area contributed by atoms with Gasteiger partial charge in [0.1, 0.15) is 5.92 Å². The highest BCUT2D eigenvalue weighted by Crippen LogP contribution is 2.06. The van der Waals surface area contributed by atoms with Gasteiger partial charge in [0.2, 0.25) is 11.8 Å². The molecule has 1 heterocycles. The quantitative estimate of drug-likeness (QED) is 0.563. The second-order valence-electron chi connectivity index (χ2n) is 3.43. The lowest BCUT2D eigenvalue weighted by molar-refractivity contribution is -0.145. The Kier molecular flexibility index (Phi) is 3.07. The number of nitrogens with zero attached hydrogens (tertiary/aromatic N) is 3. The van der Waals surface area contributed by atoms with E-state index in [0.29, 0.717) is 13.1 Å². The van der Waals surface area contributed by atoms with Crippen molar-refractivity contribution >= 4 is 11.8 Å². The molecule has 1 saturated heterocycles. The van der Waals surface area contributed by atoms with Crippen molar-refractivity contribution in [3.05, 3.63) is 0 Å². The van der Waals surface area contributed by atoms with Crippen molar-refractivity contribution in [2.75, 3.05) is 26.7 Å². The predicted molar refractivity (Wildman–Crippen MR) is 49.0 cm³/mol. The zero-order valence-corrected chi connectivity index (χ0v) is 8.36. The molecule has 1 fully saturated rings. The van der Waals surface area contributed by atoms with Crippen LogP contribution in [0.2, 0.25) is 0 Å². The minimum atomic E-state index is -0.661. The van der Waals surface area contributed by atoms with Gasteiger partial charge < -0.3 is 9.80 Å². The molecule has 5 nitrogen and oxygen atoms in total. The Bertz CT molecular complexity index is 295. The van der Waals surface area contributed by atoms with Gasteiger partial charge in [-0.1, -0.05) is 0 Å². The number of piperazine rings is 1. The van der Waals surface area contributed by atoms with Crippen LogP contribution in [0.1, 0.15) is 6.92 Å². The van der Waals surface area contributed by atoms with Crippen LogP contribution in [0.4, 0.5) is 0 Å². The predicted octanol–water partition coefficient (Wildman–Crippen LogP) is -0.553. The van der Waals surface area contributed by atoms with E-state index in [4.69, 9.17) is 5.26 Å². The molecule has 1 aliphatic heterocycles. The van der Waals surface area contributed by atoms with Gasteiger partial charge in [0.05, 0.1) is 12.6 Å². The Morgan fingerprint density at radius 1 is 1.57 bits per heavy atom. The number of carbonyl (C=O) groups excluding carboxylic acids is 2. The van der Waals surface area contributed by atoms with E-state index in [1.54, 1.807) is 18.9 Å². The average Bonchev–Trinajstić information content (AvgIpc) is 2.20. The molecule has 0 aromatic rings. The number of carbonyl (C=O) groups is 2. The van der Waals surface area contributed by atoms with Crippen molar-refractivity contribution in [3.63, 3.8) is 0 Å². The van der Waals surface area contributed by atoms with Crippen LogP contribution in [0.5, 0.6) is 0 Å². The molecule has 1 atom stereocenters. The monoisotopic (exact) mass is 195 g/mol. The van der Waals surface area contributed by atoms with Gasteiger partial charge in [-0.05, 0) is 6.92 Å². The summed E-state index contributed by atoms with van der Waals surface area (Å²) in [5, 5.41) is 8.56. The number of hydrogen-bond donors (Lipinski definition) is 0. The first-order valence-electron chi connectivity index (χ1n) is 4.48. The molecule has 1 aliphatic rings. The van der Waals surface area contributed by atoms with Crippen LogP contribution in [0.3, 0.4) is 0 Å². The number of hydrogen-bond acceptors (Lipinski definition) is 3. The Morgan fingerprint density at radius 2 is 2.21 bits per heavy atom. The van der Waals surface area contributed by atoms with E-state index in [1.165, 1.54) is 4.90 Å². The van der Waals surface area contributed by atoms with Crippen LogP contribution in [0, 0.1) is 17.2 Å². The van der Waals surface area contributed by atoms with Gasteiger partial charge in [-0.3, -0.25) is 9.59 Å². The van der Waals surface area contributed by atoms with E-state index in [9.17, 15) is 9.59 Å². The third kappa shape index (κ3) is 2.02. The summed E-state index contributed by atoms with van der Waals surface area (Å²) in [6.45, 7) is 2.71. The lowest BCUT2D eigenvalue weighted by atomic mass is 10.1. The maximum Gasteiger partial charge on any atom is 0.241 e. The average molecular weight is 195 g/mol. The first-order valence-corrected chi connectivity index (χ1v) is 4.48. The molecule has 0 aromatic carbocycles. The highest BCUT2D eigenvalue weighted by Gasteiger charge is 2.27. The molecule has 0 aromatic heterocycles. The SMILES string of the molecule is CC(C#N)C(=O)N1CCN(C)C(=O)C1. The van der Waals surface area contributed by atoms with Crippen molar-refractivity contribution in [2.24, 2.45) is 5.92 Å². The first-order chi connectivity index (χ1) is 6.56. The lowest BCUT2D eigenvalue weighted by Gasteiger charge is -2.32. The topological polar surface area (TPSA) is 64.4 Å². The van der Waals surface area contributed by atoms with Crippen LogP contribution in [0.25, 0.3) is 0 Å². The van der Waals surface area contributed by atoms with Crippen LogP contribution < -0.4 is 0 Å². The number of amides is 2. The molecule has 2 amide bonds. The second kappa shape index (κ2) is 4.09. The summed E-state index contributed by atoms with van der Waals surface area (Å²) in [4.78, 5) is 25.8. The molecule has 76 valence electrons. The zero-order valence-electron chi connectivity index (χ0n) is 8.36. The minimum absolute atomic E-state index is 0.0743. The van der Waals surface area contributed by atoms with Crippen molar-refractivity contribution in [1.29, 1.82) is 5.26 Å². The molecule has 5 heteroatoms. The summed E-state index contributed by atoms with van der Waals surface area (Å²) >= 11 is 0. The van der Waals surface area contributed by atoms with E-state index in [1.807, 2.05) is 6.07 Å². The molecule has 1 unspecified atom stereocenters. The summed E-state index contributed by atoms with van der Waals surface area (Å²) in [6, 6.07) is 1.87. The molecule has 0 saturated carbocycles. The maximum absolute atomic E-state index is 11.5. The number of nitriles is 1. The summed E-state index contributed by atoms with van der Waals surface area (Å²) < 4.78 is 0. The smallest absolute Gasteiger partial charge is 0.241 e. The second-order valence-corrected chi connectivity index (χ2v) is 3.43. The van der Waals surface area contributed by atoms with Gasteiger partial charge in [0.15, 0.2) is 0 Å². The largest absolute Gasteiger partial charge is 0.342 e. The molecule has 0 bridgehead atoms. The zero-order chi connectivity index (χ0) is 10.7. The molecular formula is C9H13N3O2. The molecule has 0 N–H and O–H groups in total. The van der Waals surface area contributed by atoms with Crippen molar-refractivity contribution in [2.45, 2.75) is 6.92 Å². The normalized spacial score (nSPS) is 19.1. The van der Waals surface area contributed by atoms with Gasteiger partial charge in [-0.15, -0.1) is 0 Å². The maximum atomic E-state index is 11.5. The first kappa shape index (κ1) is 10.5. The summed E-state index contributed by atoms with van der Waals surface area (Å²) in [5.41, 5.74) is 0. The van der Waals surface area contributed by atoms with Crippen molar-refractivity contribution in [1.82, 2.24) is 9.80 Å². The lowest BCUT2D eigenvalue weighted by Crippen LogP contribution is -2.51. The summed E-state index contributed by atoms with van der Waals surface area (Å²) in [7, 11) is 1.71. The molecule has 1 rings (SSSR count). The number of rotatable bonds is 1. The standard InChI is InChI=1S/C9H13N3O2/c1-7(5-10)9(14)12-4-3-11(2)8(13)6-12/h7H,3-4,6H2,1-2H3. The molecule has 0 spiro atoms.